The van der Waals surface area contributed by atoms with E-state index in [1.807, 2.05) is 54.6 Å². The summed E-state index contributed by atoms with van der Waals surface area (Å²) in [6.45, 7) is 0. The Morgan fingerprint density at radius 2 is 1.52 bits per heavy atom. The lowest BCUT2D eigenvalue weighted by Crippen LogP contribution is -2.39. The van der Waals surface area contributed by atoms with E-state index < -0.39 is 30.0 Å². The van der Waals surface area contributed by atoms with Crippen molar-refractivity contribution in [1.82, 2.24) is 0 Å². The molecule has 0 aliphatic carbocycles. The summed E-state index contributed by atoms with van der Waals surface area (Å²) >= 11 is 0. The quantitative estimate of drug-likeness (QED) is 0.843. The van der Waals surface area contributed by atoms with E-state index in [9.17, 15) is 14.7 Å². The molecule has 2 N–H and O–H groups in total. The minimum atomic E-state index is -1.01. The maximum atomic E-state index is 12.8. The highest BCUT2D eigenvalue weighted by Gasteiger charge is 2.53. The number of carbonyl (C=O) groups excluding carboxylic acids is 1. The number of para-hydroxylation sites is 1. The first-order valence-electron chi connectivity index (χ1n) is 8.17. The molecule has 1 saturated heterocycles. The fraction of sp³-hybridized carbons (Fsp3) is 0.200. The maximum absolute atomic E-state index is 12.8. The Kier molecular flexibility index (Phi) is 3.86. The molecule has 2 aromatic rings. The number of benzene rings is 2. The van der Waals surface area contributed by atoms with Crippen molar-refractivity contribution < 1.29 is 19.4 Å². The van der Waals surface area contributed by atoms with Gasteiger partial charge in [0.2, 0.25) is 5.91 Å². The summed E-state index contributed by atoms with van der Waals surface area (Å²) in [4.78, 5) is 24.4. The number of nitrogens with one attached hydrogen (secondary N) is 1. The Morgan fingerprint density at radius 1 is 0.880 bits per heavy atom. The van der Waals surface area contributed by atoms with Crippen molar-refractivity contribution >= 4 is 17.6 Å². The summed E-state index contributed by atoms with van der Waals surface area (Å²) in [7, 11) is 0. The first-order chi connectivity index (χ1) is 12.1. The highest BCUT2D eigenvalue weighted by molar-refractivity contribution is 5.99. The molecule has 2 aromatic carbocycles. The molecular formula is C20H17NO4. The number of aliphatic carboxylic acids is 1. The van der Waals surface area contributed by atoms with Gasteiger partial charge in [0, 0.05) is 11.3 Å². The molecule has 126 valence electrons. The summed E-state index contributed by atoms with van der Waals surface area (Å²) in [5, 5.41) is 12.4. The van der Waals surface area contributed by atoms with Crippen molar-refractivity contribution in [2.75, 3.05) is 5.32 Å². The first-order valence-corrected chi connectivity index (χ1v) is 8.17. The van der Waals surface area contributed by atoms with E-state index in [0.29, 0.717) is 5.69 Å². The third-order valence-electron chi connectivity index (χ3n) is 4.76. The number of anilines is 1. The number of carboxylic acid groups (broad SMARTS) is 1. The fourth-order valence-corrected chi connectivity index (χ4v) is 3.59. The number of fused-ring (bicyclic) bond motifs is 2. The van der Waals surface area contributed by atoms with Gasteiger partial charge in [-0.05, 0) is 11.6 Å². The number of ether oxygens (including phenoxy) is 1. The molecule has 2 bridgehead atoms. The molecule has 4 atom stereocenters. The van der Waals surface area contributed by atoms with Crippen molar-refractivity contribution in [3.8, 4) is 11.1 Å². The molecule has 0 radical (unpaired) electrons. The number of carboxylic acids is 1. The Balaban J connectivity index is 1.62. The Labute approximate surface area is 144 Å². The molecule has 0 saturated carbocycles. The van der Waals surface area contributed by atoms with E-state index in [4.69, 9.17) is 4.74 Å². The van der Waals surface area contributed by atoms with Gasteiger partial charge in [0.05, 0.1) is 18.1 Å². The van der Waals surface area contributed by atoms with Crippen LogP contribution in [0.3, 0.4) is 0 Å². The topological polar surface area (TPSA) is 75.6 Å². The molecule has 1 amide bonds. The van der Waals surface area contributed by atoms with Gasteiger partial charge in [-0.3, -0.25) is 9.59 Å². The summed E-state index contributed by atoms with van der Waals surface area (Å²) in [5.74, 6) is -2.91. The first kappa shape index (κ1) is 15.6. The van der Waals surface area contributed by atoms with Gasteiger partial charge in [-0.2, -0.15) is 0 Å². The molecule has 4 rings (SSSR count). The lowest BCUT2D eigenvalue weighted by atomic mass is 9.82. The van der Waals surface area contributed by atoms with Crippen LogP contribution in [-0.4, -0.2) is 29.2 Å². The smallest absolute Gasteiger partial charge is 0.310 e. The molecule has 25 heavy (non-hydrogen) atoms. The Bertz CT molecular complexity index is 846. The van der Waals surface area contributed by atoms with Crippen molar-refractivity contribution in [3.05, 3.63) is 66.7 Å². The third-order valence-corrected chi connectivity index (χ3v) is 4.76. The normalized spacial score (nSPS) is 26.6. The van der Waals surface area contributed by atoms with E-state index in [1.165, 1.54) is 0 Å². The zero-order valence-corrected chi connectivity index (χ0v) is 13.3. The summed E-state index contributed by atoms with van der Waals surface area (Å²) in [5.41, 5.74) is 2.54. The molecule has 5 nitrogen and oxygen atoms in total. The van der Waals surface area contributed by atoms with Crippen LogP contribution in [0.4, 0.5) is 5.69 Å². The van der Waals surface area contributed by atoms with Crippen molar-refractivity contribution in [2.45, 2.75) is 12.2 Å². The zero-order valence-electron chi connectivity index (χ0n) is 13.3. The van der Waals surface area contributed by atoms with Crippen LogP contribution in [0.5, 0.6) is 0 Å². The van der Waals surface area contributed by atoms with Gasteiger partial charge in [-0.1, -0.05) is 60.7 Å². The van der Waals surface area contributed by atoms with Gasteiger partial charge in [-0.25, -0.2) is 0 Å². The lowest BCUT2D eigenvalue weighted by molar-refractivity contribution is -0.145. The predicted octanol–water partition coefficient (Wildman–Crippen LogP) is 2.95. The van der Waals surface area contributed by atoms with Crippen LogP contribution in [0.25, 0.3) is 11.1 Å². The molecule has 0 unspecified atom stereocenters. The van der Waals surface area contributed by atoms with E-state index in [0.717, 1.165) is 11.1 Å². The van der Waals surface area contributed by atoms with Crippen molar-refractivity contribution in [3.63, 3.8) is 0 Å². The predicted molar refractivity (Wildman–Crippen MR) is 92.9 cm³/mol. The second-order valence-corrected chi connectivity index (χ2v) is 6.24. The molecule has 5 heteroatoms. The van der Waals surface area contributed by atoms with Crippen LogP contribution >= 0.6 is 0 Å². The van der Waals surface area contributed by atoms with E-state index in [-0.39, 0.29) is 5.91 Å². The van der Waals surface area contributed by atoms with Crippen LogP contribution in [0, 0.1) is 11.8 Å². The van der Waals surface area contributed by atoms with Crippen LogP contribution in [0.2, 0.25) is 0 Å². The van der Waals surface area contributed by atoms with Crippen molar-refractivity contribution in [1.29, 1.82) is 0 Å². The second kappa shape index (κ2) is 6.18. The minimum absolute atomic E-state index is 0.326. The Morgan fingerprint density at radius 3 is 2.24 bits per heavy atom. The number of rotatable bonds is 4. The van der Waals surface area contributed by atoms with Gasteiger partial charge in [0.1, 0.15) is 5.92 Å². The third kappa shape index (κ3) is 2.72. The molecular weight excluding hydrogens is 318 g/mol. The van der Waals surface area contributed by atoms with Crippen LogP contribution in [0.15, 0.2) is 66.7 Å². The fourth-order valence-electron chi connectivity index (χ4n) is 3.59. The summed E-state index contributed by atoms with van der Waals surface area (Å²) in [6.07, 6.45) is 2.50. The van der Waals surface area contributed by atoms with E-state index in [2.05, 4.69) is 5.32 Å². The highest BCUT2D eigenvalue weighted by atomic mass is 16.5. The van der Waals surface area contributed by atoms with E-state index >= 15 is 0 Å². The molecule has 2 aliphatic heterocycles. The molecule has 0 spiro atoms. The van der Waals surface area contributed by atoms with Gasteiger partial charge in [0.15, 0.2) is 0 Å². The Hall–Kier alpha value is -2.92. The zero-order chi connectivity index (χ0) is 17.4. The minimum Gasteiger partial charge on any atom is -0.481 e. The highest BCUT2D eigenvalue weighted by Crippen LogP contribution is 2.40. The molecule has 2 aliphatic rings. The molecule has 0 aromatic heterocycles. The lowest BCUT2D eigenvalue weighted by Gasteiger charge is -2.21. The van der Waals surface area contributed by atoms with E-state index in [1.54, 1.807) is 12.2 Å². The number of carbonyl (C=O) groups is 2. The average Bonchev–Trinajstić information content (AvgIpc) is 3.24. The number of amides is 1. The van der Waals surface area contributed by atoms with Crippen LogP contribution in [-0.2, 0) is 14.3 Å². The largest absolute Gasteiger partial charge is 0.481 e. The van der Waals surface area contributed by atoms with Crippen LogP contribution < -0.4 is 5.32 Å². The average molecular weight is 335 g/mol. The van der Waals surface area contributed by atoms with Gasteiger partial charge in [-0.15, -0.1) is 0 Å². The SMILES string of the molecule is O=C(O)[C@@H]1[C@@H](C(=O)Nc2ccccc2-c2ccccc2)[C@@H]2C=C[C@@H]1O2. The number of hydrogen-bond acceptors (Lipinski definition) is 3. The van der Waals surface area contributed by atoms with Gasteiger partial charge in [0.25, 0.3) is 0 Å². The van der Waals surface area contributed by atoms with Crippen molar-refractivity contribution in [2.24, 2.45) is 11.8 Å². The maximum Gasteiger partial charge on any atom is 0.310 e. The summed E-state index contributed by atoms with van der Waals surface area (Å²) < 4.78 is 5.58. The number of hydrogen-bond donors (Lipinski definition) is 2. The monoisotopic (exact) mass is 335 g/mol. The summed E-state index contributed by atoms with van der Waals surface area (Å²) in [6, 6.07) is 17.2. The van der Waals surface area contributed by atoms with Gasteiger partial charge < -0.3 is 15.2 Å². The molecule has 2 heterocycles. The molecule has 1 fully saturated rings. The van der Waals surface area contributed by atoms with Crippen LogP contribution in [0.1, 0.15) is 0 Å². The van der Waals surface area contributed by atoms with Gasteiger partial charge >= 0.3 is 5.97 Å². The standard InChI is InChI=1S/C20H17NO4/c22-19(17-15-10-11-16(25-15)18(17)20(23)24)21-14-9-5-4-8-13(14)12-6-2-1-3-7-12/h1-11,15-18H,(H,21,22)(H,23,24)/t15-,16-,17-,18-/m0/s1. The second-order valence-electron chi connectivity index (χ2n) is 6.24.